The molecule has 0 aliphatic carbocycles. The molecule has 0 atom stereocenters. The molecule has 0 radical (unpaired) electrons. The molecule has 3 aromatic rings. The van der Waals surface area contributed by atoms with Gasteiger partial charge in [0.1, 0.15) is 5.76 Å². The summed E-state index contributed by atoms with van der Waals surface area (Å²) in [5.41, 5.74) is 2.08. The van der Waals surface area contributed by atoms with Crippen molar-refractivity contribution >= 4 is 12.0 Å². The Morgan fingerprint density at radius 3 is 2.00 bits per heavy atom. The zero-order valence-electron chi connectivity index (χ0n) is 12.6. The fraction of sp³-hybridized carbons (Fsp3) is 0.0500. The highest BCUT2D eigenvalue weighted by Crippen LogP contribution is 2.21. The highest BCUT2D eigenvalue weighted by atomic mass is 16.3. The number of nitrogens with one attached hydrogen (secondary N) is 1. The molecule has 3 nitrogen and oxygen atoms in total. The Labute approximate surface area is 135 Å². The third kappa shape index (κ3) is 3.98. The van der Waals surface area contributed by atoms with Crippen LogP contribution in [0.25, 0.3) is 6.08 Å². The smallest absolute Gasteiger partial charge is 0.244 e. The average molecular weight is 303 g/mol. The van der Waals surface area contributed by atoms with Gasteiger partial charge in [-0.1, -0.05) is 60.7 Å². The van der Waals surface area contributed by atoms with Gasteiger partial charge >= 0.3 is 0 Å². The van der Waals surface area contributed by atoms with Crippen molar-refractivity contribution in [3.05, 3.63) is 102 Å². The molecule has 0 saturated heterocycles. The second-order valence-corrected chi connectivity index (χ2v) is 5.11. The average Bonchev–Trinajstić information content (AvgIpc) is 3.13. The molecule has 1 N–H and O–H groups in total. The fourth-order valence-electron chi connectivity index (χ4n) is 2.38. The van der Waals surface area contributed by atoms with Crippen molar-refractivity contribution in [2.75, 3.05) is 0 Å². The summed E-state index contributed by atoms with van der Waals surface area (Å²) >= 11 is 0. The number of rotatable bonds is 5. The standard InChI is InChI=1S/C20H17NO2/c22-19(14-13-18-12-7-15-23-18)21-20(16-8-3-1-4-9-16)17-10-5-2-6-11-17/h1-15,20H,(H,21,22). The topological polar surface area (TPSA) is 42.2 Å². The second-order valence-electron chi connectivity index (χ2n) is 5.11. The van der Waals surface area contributed by atoms with Crippen LogP contribution in [0.1, 0.15) is 22.9 Å². The summed E-state index contributed by atoms with van der Waals surface area (Å²) in [6.07, 6.45) is 4.72. The maximum atomic E-state index is 12.3. The Morgan fingerprint density at radius 2 is 1.48 bits per heavy atom. The molecule has 1 heterocycles. The monoisotopic (exact) mass is 303 g/mol. The van der Waals surface area contributed by atoms with E-state index in [1.165, 1.54) is 6.08 Å². The van der Waals surface area contributed by atoms with Gasteiger partial charge in [0.15, 0.2) is 0 Å². The summed E-state index contributed by atoms with van der Waals surface area (Å²) in [5, 5.41) is 3.04. The predicted molar refractivity (Wildman–Crippen MR) is 90.6 cm³/mol. The molecular weight excluding hydrogens is 286 g/mol. The molecule has 0 fully saturated rings. The number of furan rings is 1. The zero-order valence-corrected chi connectivity index (χ0v) is 12.6. The minimum atomic E-state index is -0.189. The van der Waals surface area contributed by atoms with E-state index in [0.29, 0.717) is 5.76 Å². The molecular formula is C20H17NO2. The number of carbonyl (C=O) groups is 1. The van der Waals surface area contributed by atoms with Gasteiger partial charge in [0.05, 0.1) is 12.3 Å². The molecule has 0 aliphatic heterocycles. The largest absolute Gasteiger partial charge is 0.465 e. The van der Waals surface area contributed by atoms with Crippen molar-refractivity contribution < 1.29 is 9.21 Å². The summed E-state index contributed by atoms with van der Waals surface area (Å²) in [4.78, 5) is 12.3. The van der Waals surface area contributed by atoms with Gasteiger partial charge in [-0.05, 0) is 29.3 Å². The van der Waals surface area contributed by atoms with Gasteiger partial charge in [-0.15, -0.1) is 0 Å². The highest BCUT2D eigenvalue weighted by Gasteiger charge is 2.15. The summed E-state index contributed by atoms with van der Waals surface area (Å²) < 4.78 is 5.19. The minimum absolute atomic E-state index is 0.167. The Balaban J connectivity index is 1.80. The normalized spacial score (nSPS) is 11.0. The first-order chi connectivity index (χ1) is 11.3. The van der Waals surface area contributed by atoms with Crippen LogP contribution >= 0.6 is 0 Å². The molecule has 3 rings (SSSR count). The zero-order chi connectivity index (χ0) is 15.9. The van der Waals surface area contributed by atoms with E-state index in [0.717, 1.165) is 11.1 Å². The maximum absolute atomic E-state index is 12.3. The van der Waals surface area contributed by atoms with E-state index in [1.807, 2.05) is 60.7 Å². The predicted octanol–water partition coefficient (Wildman–Crippen LogP) is 4.20. The van der Waals surface area contributed by atoms with E-state index in [2.05, 4.69) is 5.32 Å². The summed E-state index contributed by atoms with van der Waals surface area (Å²) in [5.74, 6) is 0.482. The fourth-order valence-corrected chi connectivity index (χ4v) is 2.38. The van der Waals surface area contributed by atoms with Crippen LogP contribution in [0.2, 0.25) is 0 Å². The Kier molecular flexibility index (Phi) is 4.69. The minimum Gasteiger partial charge on any atom is -0.465 e. The highest BCUT2D eigenvalue weighted by molar-refractivity contribution is 5.91. The third-order valence-electron chi connectivity index (χ3n) is 3.49. The summed E-state index contributed by atoms with van der Waals surface area (Å²) in [6, 6.07) is 23.2. The lowest BCUT2D eigenvalue weighted by Gasteiger charge is -2.19. The lowest BCUT2D eigenvalue weighted by molar-refractivity contribution is -0.116. The maximum Gasteiger partial charge on any atom is 0.244 e. The van der Waals surface area contributed by atoms with Gasteiger partial charge in [-0.2, -0.15) is 0 Å². The SMILES string of the molecule is O=C(C=Cc1ccco1)NC(c1ccccc1)c1ccccc1. The van der Waals surface area contributed by atoms with E-state index in [-0.39, 0.29) is 11.9 Å². The van der Waals surface area contributed by atoms with Crippen molar-refractivity contribution in [2.45, 2.75) is 6.04 Å². The first kappa shape index (κ1) is 14.9. The van der Waals surface area contributed by atoms with Crippen LogP contribution in [-0.4, -0.2) is 5.91 Å². The molecule has 23 heavy (non-hydrogen) atoms. The van der Waals surface area contributed by atoms with Crippen molar-refractivity contribution in [3.8, 4) is 0 Å². The molecule has 114 valence electrons. The molecule has 0 bridgehead atoms. The third-order valence-corrected chi connectivity index (χ3v) is 3.49. The molecule has 2 aromatic carbocycles. The van der Waals surface area contributed by atoms with Crippen LogP contribution in [0.5, 0.6) is 0 Å². The number of benzene rings is 2. The Bertz CT molecular complexity index is 722. The van der Waals surface area contributed by atoms with Gasteiger partial charge < -0.3 is 9.73 Å². The molecule has 1 amide bonds. The number of amides is 1. The summed E-state index contributed by atoms with van der Waals surface area (Å²) in [6.45, 7) is 0. The van der Waals surface area contributed by atoms with Crippen LogP contribution in [0.4, 0.5) is 0 Å². The first-order valence-corrected chi connectivity index (χ1v) is 7.45. The van der Waals surface area contributed by atoms with Crippen LogP contribution in [0, 0.1) is 0 Å². The van der Waals surface area contributed by atoms with Gasteiger partial charge in [-0.3, -0.25) is 4.79 Å². The van der Waals surface area contributed by atoms with E-state index in [4.69, 9.17) is 4.42 Å². The first-order valence-electron chi connectivity index (χ1n) is 7.45. The van der Waals surface area contributed by atoms with Gasteiger partial charge in [-0.25, -0.2) is 0 Å². The van der Waals surface area contributed by atoms with Crippen molar-refractivity contribution in [3.63, 3.8) is 0 Å². The van der Waals surface area contributed by atoms with Crippen LogP contribution < -0.4 is 5.32 Å². The number of carbonyl (C=O) groups excluding carboxylic acids is 1. The Morgan fingerprint density at radius 1 is 0.870 bits per heavy atom. The number of hydrogen-bond acceptors (Lipinski definition) is 2. The quantitative estimate of drug-likeness (QED) is 0.718. The molecule has 3 heteroatoms. The molecule has 0 unspecified atom stereocenters. The van der Waals surface area contributed by atoms with Crippen molar-refractivity contribution in [1.82, 2.24) is 5.32 Å². The lowest BCUT2D eigenvalue weighted by atomic mass is 9.99. The van der Waals surface area contributed by atoms with Gasteiger partial charge in [0, 0.05) is 6.08 Å². The second kappa shape index (κ2) is 7.27. The Hall–Kier alpha value is -3.07. The lowest BCUT2D eigenvalue weighted by Crippen LogP contribution is -2.27. The van der Waals surface area contributed by atoms with Crippen LogP contribution in [-0.2, 0) is 4.79 Å². The van der Waals surface area contributed by atoms with Crippen LogP contribution in [0.3, 0.4) is 0 Å². The summed E-state index contributed by atoms with van der Waals surface area (Å²) in [7, 11) is 0. The molecule has 0 aliphatic rings. The van der Waals surface area contributed by atoms with Gasteiger partial charge in [0.2, 0.25) is 5.91 Å². The van der Waals surface area contributed by atoms with Crippen molar-refractivity contribution in [2.24, 2.45) is 0 Å². The molecule has 1 aromatic heterocycles. The molecule has 0 saturated carbocycles. The van der Waals surface area contributed by atoms with E-state index in [9.17, 15) is 4.79 Å². The van der Waals surface area contributed by atoms with Crippen molar-refractivity contribution in [1.29, 1.82) is 0 Å². The van der Waals surface area contributed by atoms with E-state index < -0.39 is 0 Å². The van der Waals surface area contributed by atoms with E-state index in [1.54, 1.807) is 24.5 Å². The van der Waals surface area contributed by atoms with Crippen LogP contribution in [0.15, 0.2) is 89.6 Å². The van der Waals surface area contributed by atoms with E-state index >= 15 is 0 Å². The van der Waals surface area contributed by atoms with Gasteiger partial charge in [0.25, 0.3) is 0 Å². The molecule has 0 spiro atoms. The number of hydrogen-bond donors (Lipinski definition) is 1.